The fourth-order valence-electron chi connectivity index (χ4n) is 3.62. The first-order valence-corrected chi connectivity index (χ1v) is 11.5. The number of hydrogen-bond acceptors (Lipinski definition) is 6. The molecule has 9 nitrogen and oxygen atoms in total. The van der Waals surface area contributed by atoms with Gasteiger partial charge in [0.2, 0.25) is 5.91 Å². The van der Waals surface area contributed by atoms with Crippen molar-refractivity contribution in [1.82, 2.24) is 20.1 Å². The molecule has 2 amide bonds. The van der Waals surface area contributed by atoms with Gasteiger partial charge < -0.3 is 20.1 Å². The third-order valence-corrected chi connectivity index (χ3v) is 5.34. The average Bonchev–Trinajstić information content (AvgIpc) is 3.31. The summed E-state index contributed by atoms with van der Waals surface area (Å²) in [7, 11) is 1.59. The van der Waals surface area contributed by atoms with Crippen molar-refractivity contribution in [2.45, 2.75) is 38.8 Å². The summed E-state index contributed by atoms with van der Waals surface area (Å²) in [5.41, 5.74) is 0.999. The number of fused-ring (bicyclic) bond motifs is 1. The van der Waals surface area contributed by atoms with Crippen molar-refractivity contribution in [3.63, 3.8) is 0 Å². The van der Waals surface area contributed by atoms with E-state index in [-0.39, 0.29) is 6.42 Å². The molecule has 0 saturated heterocycles. The van der Waals surface area contributed by atoms with Crippen LogP contribution in [0.25, 0.3) is 16.5 Å². The van der Waals surface area contributed by atoms with E-state index in [0.29, 0.717) is 11.6 Å². The monoisotopic (exact) mass is 487 g/mol. The summed E-state index contributed by atoms with van der Waals surface area (Å²) in [6, 6.07) is 15.9. The molecule has 186 valence electrons. The first-order valence-electron chi connectivity index (χ1n) is 11.5. The molecule has 4 rings (SSSR count). The Kier molecular flexibility index (Phi) is 7.19. The third kappa shape index (κ3) is 6.38. The Labute approximate surface area is 209 Å². The molecule has 2 aromatic carbocycles. The molecular weight excluding hydrogens is 458 g/mol. The minimum Gasteiger partial charge on any atom is -0.497 e. The number of aromatic nitrogens is 3. The molecular formula is C27H29N5O4. The van der Waals surface area contributed by atoms with Crippen LogP contribution in [-0.4, -0.2) is 45.5 Å². The van der Waals surface area contributed by atoms with Crippen LogP contribution in [0, 0.1) is 0 Å². The molecule has 0 bridgehead atoms. The van der Waals surface area contributed by atoms with Gasteiger partial charge in [-0.3, -0.25) is 9.78 Å². The van der Waals surface area contributed by atoms with E-state index in [1.54, 1.807) is 69.4 Å². The number of nitrogens with one attached hydrogen (secondary N) is 2. The molecule has 4 aromatic rings. The highest BCUT2D eigenvalue weighted by atomic mass is 16.6. The SMILES string of the molecule is COc1ccc(C[C@H](NC(=O)OC(C)(C)C)C(=O)Nc2ccn(-c3ccc4cnccc4c3)n2)cc1. The largest absolute Gasteiger partial charge is 0.497 e. The lowest BCUT2D eigenvalue weighted by Crippen LogP contribution is -2.47. The molecule has 2 aromatic heterocycles. The Hall–Kier alpha value is -4.40. The van der Waals surface area contributed by atoms with Crippen molar-refractivity contribution in [2.24, 2.45) is 0 Å². The first kappa shape index (κ1) is 24.7. The number of rotatable bonds is 7. The number of methoxy groups -OCH3 is 1. The summed E-state index contributed by atoms with van der Waals surface area (Å²) in [6.45, 7) is 5.29. The zero-order valence-electron chi connectivity index (χ0n) is 20.7. The topological polar surface area (TPSA) is 107 Å². The predicted octanol–water partition coefficient (Wildman–Crippen LogP) is 4.50. The Morgan fingerprint density at radius 1 is 1.03 bits per heavy atom. The Morgan fingerprint density at radius 3 is 2.53 bits per heavy atom. The van der Waals surface area contributed by atoms with Crippen LogP contribution in [0.5, 0.6) is 5.75 Å². The maximum Gasteiger partial charge on any atom is 0.408 e. The molecule has 9 heteroatoms. The number of carbonyl (C=O) groups is 2. The van der Waals surface area contributed by atoms with Crippen LogP contribution in [0.4, 0.5) is 10.6 Å². The number of nitrogens with zero attached hydrogens (tertiary/aromatic N) is 3. The van der Waals surface area contributed by atoms with E-state index in [0.717, 1.165) is 22.0 Å². The second kappa shape index (κ2) is 10.5. The van der Waals surface area contributed by atoms with Gasteiger partial charge in [-0.05, 0) is 62.1 Å². The van der Waals surface area contributed by atoms with Crippen LogP contribution in [0.2, 0.25) is 0 Å². The molecule has 0 fully saturated rings. The molecule has 1 atom stereocenters. The molecule has 0 unspecified atom stereocenters. The van der Waals surface area contributed by atoms with Gasteiger partial charge in [0.15, 0.2) is 5.82 Å². The second-order valence-electron chi connectivity index (χ2n) is 9.29. The van der Waals surface area contributed by atoms with Crippen molar-refractivity contribution < 1.29 is 19.1 Å². The number of hydrogen-bond donors (Lipinski definition) is 2. The predicted molar refractivity (Wildman–Crippen MR) is 137 cm³/mol. The van der Waals surface area contributed by atoms with E-state index < -0.39 is 23.6 Å². The standard InChI is InChI=1S/C27H29N5O4/c1-27(2,3)36-26(34)29-23(15-18-5-9-22(35-4)10-6-18)25(33)30-24-12-14-32(31-24)21-8-7-20-17-28-13-11-19(20)16-21/h5-14,16-17,23H,15H2,1-4H3,(H,29,34)(H,30,31,33)/t23-/m0/s1. The normalized spacial score (nSPS) is 12.1. The van der Waals surface area contributed by atoms with E-state index in [9.17, 15) is 9.59 Å². The minimum atomic E-state index is -0.883. The molecule has 2 heterocycles. The summed E-state index contributed by atoms with van der Waals surface area (Å²) in [4.78, 5) is 29.8. The van der Waals surface area contributed by atoms with Crippen molar-refractivity contribution in [3.8, 4) is 11.4 Å². The molecule has 2 N–H and O–H groups in total. The Bertz CT molecular complexity index is 1360. The summed E-state index contributed by atoms with van der Waals surface area (Å²) >= 11 is 0. The highest BCUT2D eigenvalue weighted by Gasteiger charge is 2.25. The quantitative estimate of drug-likeness (QED) is 0.397. The van der Waals surface area contributed by atoms with Gasteiger partial charge in [-0.2, -0.15) is 5.10 Å². The highest BCUT2D eigenvalue weighted by molar-refractivity contribution is 5.96. The zero-order chi connectivity index (χ0) is 25.7. The van der Waals surface area contributed by atoms with Gasteiger partial charge in [0, 0.05) is 36.5 Å². The summed E-state index contributed by atoms with van der Waals surface area (Å²) in [5.74, 6) is 0.655. The molecule has 0 spiro atoms. The summed E-state index contributed by atoms with van der Waals surface area (Å²) in [6.07, 6.45) is 4.88. The Balaban J connectivity index is 1.50. The minimum absolute atomic E-state index is 0.258. The zero-order valence-corrected chi connectivity index (χ0v) is 20.7. The van der Waals surface area contributed by atoms with Gasteiger partial charge in [0.1, 0.15) is 17.4 Å². The van der Waals surface area contributed by atoms with Gasteiger partial charge in [-0.1, -0.05) is 18.2 Å². The van der Waals surface area contributed by atoms with Crippen molar-refractivity contribution in [2.75, 3.05) is 12.4 Å². The molecule has 0 aliphatic carbocycles. The number of anilines is 1. The smallest absolute Gasteiger partial charge is 0.408 e. The average molecular weight is 488 g/mol. The van der Waals surface area contributed by atoms with Crippen molar-refractivity contribution >= 4 is 28.6 Å². The van der Waals surface area contributed by atoms with E-state index in [2.05, 4.69) is 20.7 Å². The molecule has 0 saturated carbocycles. The first-order chi connectivity index (χ1) is 17.2. The fraction of sp³-hybridized carbons (Fsp3) is 0.259. The van der Waals surface area contributed by atoms with Crippen molar-refractivity contribution in [1.29, 1.82) is 0 Å². The van der Waals surface area contributed by atoms with Crippen molar-refractivity contribution in [3.05, 3.63) is 78.8 Å². The number of pyridine rings is 1. The second-order valence-corrected chi connectivity index (χ2v) is 9.29. The van der Waals surface area contributed by atoms with Gasteiger partial charge in [-0.25, -0.2) is 9.48 Å². The molecule has 0 radical (unpaired) electrons. The maximum absolute atomic E-state index is 13.2. The van der Waals surface area contributed by atoms with Gasteiger partial charge in [-0.15, -0.1) is 0 Å². The highest BCUT2D eigenvalue weighted by Crippen LogP contribution is 2.19. The van der Waals surface area contributed by atoms with E-state index in [4.69, 9.17) is 9.47 Å². The van der Waals surface area contributed by atoms with E-state index >= 15 is 0 Å². The number of ether oxygens (including phenoxy) is 2. The van der Waals surface area contributed by atoms with Crippen LogP contribution < -0.4 is 15.4 Å². The number of benzene rings is 2. The van der Waals surface area contributed by atoms with E-state index in [1.807, 2.05) is 36.4 Å². The number of amides is 2. The van der Waals surface area contributed by atoms with Crippen LogP contribution in [0.1, 0.15) is 26.3 Å². The lowest BCUT2D eigenvalue weighted by atomic mass is 10.1. The summed E-state index contributed by atoms with van der Waals surface area (Å²) < 4.78 is 12.2. The van der Waals surface area contributed by atoms with Gasteiger partial charge in [0.25, 0.3) is 0 Å². The molecule has 0 aliphatic heterocycles. The van der Waals surface area contributed by atoms with Gasteiger partial charge >= 0.3 is 6.09 Å². The fourth-order valence-corrected chi connectivity index (χ4v) is 3.62. The lowest BCUT2D eigenvalue weighted by Gasteiger charge is -2.23. The number of carbonyl (C=O) groups excluding carboxylic acids is 2. The molecule has 36 heavy (non-hydrogen) atoms. The third-order valence-electron chi connectivity index (χ3n) is 5.34. The van der Waals surface area contributed by atoms with Crippen LogP contribution in [-0.2, 0) is 16.0 Å². The van der Waals surface area contributed by atoms with E-state index in [1.165, 1.54) is 0 Å². The maximum atomic E-state index is 13.2. The van der Waals surface area contributed by atoms with Crippen LogP contribution in [0.15, 0.2) is 73.2 Å². The van der Waals surface area contributed by atoms with Crippen LogP contribution in [0.3, 0.4) is 0 Å². The Morgan fingerprint density at radius 2 is 1.81 bits per heavy atom. The van der Waals surface area contributed by atoms with Crippen LogP contribution >= 0.6 is 0 Å². The summed E-state index contributed by atoms with van der Waals surface area (Å²) in [5, 5.41) is 12.0. The molecule has 0 aliphatic rings. The van der Waals surface area contributed by atoms with Gasteiger partial charge in [0.05, 0.1) is 12.8 Å². The number of alkyl carbamates (subject to hydrolysis) is 1. The lowest BCUT2D eigenvalue weighted by molar-refractivity contribution is -0.118.